The van der Waals surface area contributed by atoms with Crippen LogP contribution in [-0.4, -0.2) is 70.5 Å². The van der Waals surface area contributed by atoms with Crippen LogP contribution in [-0.2, 0) is 6.54 Å². The first kappa shape index (κ1) is 25.2. The van der Waals surface area contributed by atoms with Gasteiger partial charge in [-0.05, 0) is 87.3 Å². The molecule has 1 heterocycles. The van der Waals surface area contributed by atoms with Crippen LogP contribution in [0.15, 0.2) is 42.5 Å². The molecule has 2 aromatic carbocycles. The van der Waals surface area contributed by atoms with Gasteiger partial charge < -0.3 is 23.8 Å². The summed E-state index contributed by atoms with van der Waals surface area (Å²) in [5.74, 6) is 4.19. The smallest absolute Gasteiger partial charge is 0.161 e. The number of piperidine rings is 1. The molecule has 33 heavy (non-hydrogen) atoms. The van der Waals surface area contributed by atoms with Gasteiger partial charge in [-0.25, -0.2) is 0 Å². The normalized spacial score (nSPS) is 14.9. The highest BCUT2D eigenvalue weighted by Gasteiger charge is 2.15. The summed E-state index contributed by atoms with van der Waals surface area (Å²) >= 11 is 0. The maximum absolute atomic E-state index is 6.05. The molecule has 2 aromatic rings. The molecule has 0 radical (unpaired) electrons. The molecule has 1 aliphatic rings. The third-order valence-electron chi connectivity index (χ3n) is 6.23. The second-order valence-corrected chi connectivity index (χ2v) is 8.97. The molecule has 0 spiro atoms. The van der Waals surface area contributed by atoms with E-state index in [-0.39, 0.29) is 0 Å². The van der Waals surface area contributed by atoms with Crippen molar-refractivity contribution in [1.29, 1.82) is 0 Å². The quantitative estimate of drug-likeness (QED) is 0.407. The zero-order valence-electron chi connectivity index (χ0n) is 20.7. The highest BCUT2D eigenvalue weighted by atomic mass is 16.5. The van der Waals surface area contributed by atoms with Crippen molar-refractivity contribution in [3.05, 3.63) is 48.0 Å². The summed E-state index contributed by atoms with van der Waals surface area (Å²) in [6.45, 7) is 8.85. The second-order valence-electron chi connectivity index (χ2n) is 8.97. The minimum atomic E-state index is 0.683. The van der Waals surface area contributed by atoms with Crippen molar-refractivity contribution in [2.75, 3.05) is 60.7 Å². The van der Waals surface area contributed by atoms with Gasteiger partial charge in [0.1, 0.15) is 18.1 Å². The van der Waals surface area contributed by atoms with Gasteiger partial charge in [-0.1, -0.05) is 13.0 Å². The minimum Gasteiger partial charge on any atom is -0.497 e. The molecule has 0 bridgehead atoms. The van der Waals surface area contributed by atoms with E-state index in [2.05, 4.69) is 35.9 Å². The van der Waals surface area contributed by atoms with Crippen molar-refractivity contribution in [2.45, 2.75) is 32.7 Å². The molecular weight excluding hydrogens is 416 g/mol. The first-order valence-electron chi connectivity index (χ1n) is 12.0. The Bertz CT molecular complexity index is 819. The van der Waals surface area contributed by atoms with Crippen molar-refractivity contribution < 1.29 is 18.9 Å². The zero-order chi connectivity index (χ0) is 23.5. The van der Waals surface area contributed by atoms with Crippen LogP contribution in [0.5, 0.6) is 23.0 Å². The molecule has 0 aliphatic carbocycles. The van der Waals surface area contributed by atoms with Crippen LogP contribution in [0.4, 0.5) is 0 Å². The maximum atomic E-state index is 6.05. The molecular formula is C27H40N2O4. The zero-order valence-corrected chi connectivity index (χ0v) is 20.7. The summed E-state index contributed by atoms with van der Waals surface area (Å²) in [4.78, 5) is 4.79. The van der Waals surface area contributed by atoms with Gasteiger partial charge in [-0.15, -0.1) is 0 Å². The molecule has 6 nitrogen and oxygen atoms in total. The number of benzene rings is 2. The second kappa shape index (κ2) is 13.3. The third-order valence-corrected chi connectivity index (χ3v) is 6.23. The molecule has 6 heteroatoms. The SMILES string of the molecule is COc1ccc(OCCCN(C)Cc2ccc(OCCN3CCC(C)CC3)c(OC)c2)cc1. The van der Waals surface area contributed by atoms with Crippen molar-refractivity contribution >= 4 is 0 Å². The Morgan fingerprint density at radius 1 is 0.879 bits per heavy atom. The van der Waals surface area contributed by atoms with E-state index >= 15 is 0 Å². The molecule has 0 amide bonds. The fraction of sp³-hybridized carbons (Fsp3) is 0.556. The van der Waals surface area contributed by atoms with Crippen molar-refractivity contribution in [1.82, 2.24) is 9.80 Å². The molecule has 1 fully saturated rings. The standard InChI is InChI=1S/C27H40N2O4/c1-22-12-15-29(16-13-22)17-19-33-26-11-6-23(20-27(26)31-4)21-28(2)14-5-18-32-25-9-7-24(30-3)8-10-25/h6-11,20,22H,5,12-19,21H2,1-4H3. The molecule has 0 saturated carbocycles. The van der Waals surface area contributed by atoms with Crippen LogP contribution in [0.1, 0.15) is 31.7 Å². The summed E-state index contributed by atoms with van der Waals surface area (Å²) in [6.07, 6.45) is 3.54. The van der Waals surface area contributed by atoms with Crippen LogP contribution in [0.2, 0.25) is 0 Å². The minimum absolute atomic E-state index is 0.683. The maximum Gasteiger partial charge on any atom is 0.161 e. The van der Waals surface area contributed by atoms with Gasteiger partial charge in [0.15, 0.2) is 11.5 Å². The molecule has 0 N–H and O–H groups in total. The van der Waals surface area contributed by atoms with Gasteiger partial charge in [0, 0.05) is 19.6 Å². The fourth-order valence-corrected chi connectivity index (χ4v) is 4.09. The van der Waals surface area contributed by atoms with Gasteiger partial charge in [-0.2, -0.15) is 0 Å². The van der Waals surface area contributed by atoms with E-state index in [1.807, 2.05) is 30.3 Å². The molecule has 182 valence electrons. The first-order chi connectivity index (χ1) is 16.1. The number of hydrogen-bond acceptors (Lipinski definition) is 6. The van der Waals surface area contributed by atoms with Crippen LogP contribution >= 0.6 is 0 Å². The molecule has 0 aromatic heterocycles. The van der Waals surface area contributed by atoms with Crippen LogP contribution in [0, 0.1) is 5.92 Å². The van der Waals surface area contributed by atoms with Gasteiger partial charge in [0.2, 0.25) is 0 Å². The monoisotopic (exact) mass is 456 g/mol. The van der Waals surface area contributed by atoms with Gasteiger partial charge in [0.25, 0.3) is 0 Å². The van der Waals surface area contributed by atoms with Gasteiger partial charge in [-0.3, -0.25) is 4.90 Å². The number of rotatable bonds is 13. The van der Waals surface area contributed by atoms with E-state index in [1.54, 1.807) is 14.2 Å². The van der Waals surface area contributed by atoms with Crippen molar-refractivity contribution in [3.8, 4) is 23.0 Å². The predicted molar refractivity (Wildman–Crippen MR) is 133 cm³/mol. The average Bonchev–Trinajstić information content (AvgIpc) is 2.84. The average molecular weight is 457 g/mol. The number of nitrogens with zero attached hydrogens (tertiary/aromatic N) is 2. The van der Waals surface area contributed by atoms with E-state index in [1.165, 1.54) is 31.5 Å². The highest BCUT2D eigenvalue weighted by molar-refractivity contribution is 5.43. The number of methoxy groups -OCH3 is 2. The lowest BCUT2D eigenvalue weighted by atomic mass is 9.99. The molecule has 1 aliphatic heterocycles. The fourth-order valence-electron chi connectivity index (χ4n) is 4.09. The van der Waals surface area contributed by atoms with E-state index < -0.39 is 0 Å². The summed E-state index contributed by atoms with van der Waals surface area (Å²) in [7, 11) is 5.50. The van der Waals surface area contributed by atoms with E-state index in [0.717, 1.165) is 55.0 Å². The summed E-state index contributed by atoms with van der Waals surface area (Å²) in [5.41, 5.74) is 1.21. The lowest BCUT2D eigenvalue weighted by molar-refractivity contribution is 0.158. The largest absolute Gasteiger partial charge is 0.497 e. The van der Waals surface area contributed by atoms with Crippen LogP contribution in [0.3, 0.4) is 0 Å². The summed E-state index contributed by atoms with van der Waals surface area (Å²) < 4.78 is 22.6. The van der Waals surface area contributed by atoms with Crippen LogP contribution in [0.25, 0.3) is 0 Å². The predicted octanol–water partition coefficient (Wildman–Crippen LogP) is 4.72. The van der Waals surface area contributed by atoms with Crippen LogP contribution < -0.4 is 18.9 Å². The third kappa shape index (κ3) is 8.45. The van der Waals surface area contributed by atoms with Crippen molar-refractivity contribution in [3.63, 3.8) is 0 Å². The van der Waals surface area contributed by atoms with E-state index in [4.69, 9.17) is 18.9 Å². The van der Waals surface area contributed by atoms with E-state index in [0.29, 0.717) is 13.2 Å². The number of hydrogen-bond donors (Lipinski definition) is 0. The molecule has 1 saturated heterocycles. The Balaban J connectivity index is 1.37. The first-order valence-corrected chi connectivity index (χ1v) is 12.0. The lowest BCUT2D eigenvalue weighted by Gasteiger charge is -2.30. The van der Waals surface area contributed by atoms with E-state index in [9.17, 15) is 0 Å². The highest BCUT2D eigenvalue weighted by Crippen LogP contribution is 2.28. The van der Waals surface area contributed by atoms with Gasteiger partial charge >= 0.3 is 0 Å². The van der Waals surface area contributed by atoms with Gasteiger partial charge in [0.05, 0.1) is 20.8 Å². The summed E-state index contributed by atoms with van der Waals surface area (Å²) in [5, 5.41) is 0. The summed E-state index contributed by atoms with van der Waals surface area (Å²) in [6, 6.07) is 13.9. The Morgan fingerprint density at radius 2 is 1.61 bits per heavy atom. The topological polar surface area (TPSA) is 43.4 Å². The number of likely N-dealkylation sites (tertiary alicyclic amines) is 1. The van der Waals surface area contributed by atoms with Crippen molar-refractivity contribution in [2.24, 2.45) is 5.92 Å². The molecule has 0 atom stereocenters. The Hall–Kier alpha value is -2.44. The molecule has 3 rings (SSSR count). The lowest BCUT2D eigenvalue weighted by Crippen LogP contribution is -2.35. The Kier molecular flexibility index (Phi) is 10.2. The molecule has 0 unspecified atom stereocenters. The Labute approximate surface area is 199 Å². The number of ether oxygens (including phenoxy) is 4. The Morgan fingerprint density at radius 3 is 2.30 bits per heavy atom.